The first-order valence-electron chi connectivity index (χ1n) is 7.18. The van der Waals surface area contributed by atoms with Gasteiger partial charge in [-0.3, -0.25) is 4.79 Å². The molecule has 4 nitrogen and oxygen atoms in total. The highest BCUT2D eigenvalue weighted by atomic mass is 19.4. The molecule has 0 bridgehead atoms. The number of hydrogen-bond acceptors (Lipinski definition) is 2. The number of hydrogen-bond donors (Lipinski definition) is 2. The number of carbonyl (C=O) groups excluding carboxylic acids is 1. The summed E-state index contributed by atoms with van der Waals surface area (Å²) in [5.74, 6) is -0.827. The minimum absolute atomic E-state index is 0.0229. The van der Waals surface area contributed by atoms with Crippen molar-refractivity contribution in [2.24, 2.45) is 0 Å². The van der Waals surface area contributed by atoms with Gasteiger partial charge in [0.1, 0.15) is 5.56 Å². The van der Waals surface area contributed by atoms with Crippen molar-refractivity contribution in [1.82, 2.24) is 4.98 Å². The zero-order chi connectivity index (χ0) is 16.9. The van der Waals surface area contributed by atoms with Gasteiger partial charge in [0, 0.05) is 22.2 Å². The van der Waals surface area contributed by atoms with Crippen molar-refractivity contribution in [2.45, 2.75) is 6.18 Å². The lowest BCUT2D eigenvalue weighted by atomic mass is 10.0. The molecule has 7 heteroatoms. The molecule has 1 amide bonds. The van der Waals surface area contributed by atoms with Gasteiger partial charge in [-0.25, -0.2) is 0 Å². The minimum atomic E-state index is -4.59. The largest absolute Gasteiger partial charge is 0.481 e. The molecular weight excluding hydrogens is 321 g/mol. The predicted molar refractivity (Wildman–Crippen MR) is 82.9 cm³/mol. The van der Waals surface area contributed by atoms with E-state index >= 15 is 0 Å². The Kier molecular flexibility index (Phi) is 3.06. The van der Waals surface area contributed by atoms with Crippen LogP contribution in [0.3, 0.4) is 0 Å². The molecule has 0 spiro atoms. The Morgan fingerprint density at radius 3 is 2.62 bits per heavy atom. The van der Waals surface area contributed by atoms with Crippen molar-refractivity contribution in [1.29, 1.82) is 0 Å². The number of para-hydroxylation sites is 1. The Morgan fingerprint density at radius 2 is 1.88 bits per heavy atom. The third-order valence-electron chi connectivity index (χ3n) is 3.86. The first-order valence-corrected chi connectivity index (χ1v) is 7.18. The van der Waals surface area contributed by atoms with Crippen molar-refractivity contribution >= 4 is 22.5 Å². The first kappa shape index (κ1) is 14.6. The Bertz CT molecular complexity index is 927. The second-order valence-electron chi connectivity index (χ2n) is 5.51. The number of carbonyl (C=O) groups is 1. The van der Waals surface area contributed by atoms with Crippen molar-refractivity contribution in [3.05, 3.63) is 48.0 Å². The number of rotatable bonds is 1. The molecule has 0 saturated carbocycles. The standard InChI is InChI=1S/C17H11F3N2O2/c18-17(19,20)11-5-10(7-14-16(11)24-8-15(23)22-14)13-6-9-3-1-2-4-12(9)21-13/h1-7,21H,8H2,(H,22,23). The van der Waals surface area contributed by atoms with E-state index in [0.717, 1.165) is 17.0 Å². The molecule has 2 heterocycles. The average Bonchev–Trinajstić information content (AvgIpc) is 2.96. The van der Waals surface area contributed by atoms with Crippen LogP contribution in [-0.4, -0.2) is 17.5 Å². The maximum atomic E-state index is 13.4. The second-order valence-corrected chi connectivity index (χ2v) is 5.51. The van der Waals surface area contributed by atoms with Crippen LogP contribution in [0.2, 0.25) is 0 Å². The van der Waals surface area contributed by atoms with Gasteiger partial charge in [0.05, 0.1) is 5.69 Å². The second kappa shape index (κ2) is 5.02. The fourth-order valence-corrected chi connectivity index (χ4v) is 2.80. The summed E-state index contributed by atoms with van der Waals surface area (Å²) in [6, 6.07) is 11.7. The molecule has 0 radical (unpaired) electrons. The molecule has 122 valence electrons. The molecule has 0 fully saturated rings. The summed E-state index contributed by atoms with van der Waals surface area (Å²) in [6.07, 6.45) is -4.59. The van der Waals surface area contributed by atoms with Crippen molar-refractivity contribution < 1.29 is 22.7 Å². The molecule has 4 rings (SSSR count). The van der Waals surface area contributed by atoms with E-state index < -0.39 is 24.3 Å². The van der Waals surface area contributed by atoms with E-state index in [-0.39, 0.29) is 11.4 Å². The van der Waals surface area contributed by atoms with Gasteiger partial charge < -0.3 is 15.0 Å². The van der Waals surface area contributed by atoms with Gasteiger partial charge in [0.15, 0.2) is 12.4 Å². The lowest BCUT2D eigenvalue weighted by Gasteiger charge is -2.23. The zero-order valence-corrected chi connectivity index (χ0v) is 12.2. The number of halogens is 3. The van der Waals surface area contributed by atoms with Gasteiger partial charge in [0.25, 0.3) is 5.91 Å². The van der Waals surface area contributed by atoms with E-state index in [0.29, 0.717) is 11.3 Å². The van der Waals surface area contributed by atoms with Crippen LogP contribution in [0.25, 0.3) is 22.2 Å². The number of amides is 1. The summed E-state index contributed by atoms with van der Waals surface area (Å²) < 4.78 is 45.1. The van der Waals surface area contributed by atoms with E-state index in [1.165, 1.54) is 6.07 Å². The fourth-order valence-electron chi connectivity index (χ4n) is 2.80. The van der Waals surface area contributed by atoms with Gasteiger partial charge in [-0.15, -0.1) is 0 Å². The van der Waals surface area contributed by atoms with Gasteiger partial charge in [-0.1, -0.05) is 18.2 Å². The van der Waals surface area contributed by atoms with E-state index in [1.807, 2.05) is 24.3 Å². The fraction of sp³-hybridized carbons (Fsp3) is 0.118. The number of alkyl halides is 3. The Labute approximate surface area is 134 Å². The lowest BCUT2D eigenvalue weighted by Crippen LogP contribution is -2.27. The number of ether oxygens (including phenoxy) is 1. The molecule has 2 aromatic carbocycles. The molecule has 1 aromatic heterocycles. The molecule has 3 aromatic rings. The van der Waals surface area contributed by atoms with Crippen LogP contribution in [0.1, 0.15) is 5.56 Å². The van der Waals surface area contributed by atoms with Crippen molar-refractivity contribution in [3.63, 3.8) is 0 Å². The van der Waals surface area contributed by atoms with Crippen LogP contribution in [0, 0.1) is 0 Å². The summed E-state index contributed by atoms with van der Waals surface area (Å²) in [5, 5.41) is 3.33. The summed E-state index contributed by atoms with van der Waals surface area (Å²) in [5.41, 5.74) is 0.787. The highest BCUT2D eigenvalue weighted by molar-refractivity contribution is 5.97. The molecule has 1 aliphatic heterocycles. The lowest BCUT2D eigenvalue weighted by molar-refractivity contribution is -0.139. The molecule has 0 saturated heterocycles. The van der Waals surface area contributed by atoms with Crippen molar-refractivity contribution in [3.8, 4) is 17.0 Å². The third-order valence-corrected chi connectivity index (χ3v) is 3.86. The monoisotopic (exact) mass is 332 g/mol. The van der Waals surface area contributed by atoms with Crippen LogP contribution in [0.15, 0.2) is 42.5 Å². The SMILES string of the molecule is O=C1COc2c(cc(-c3cc4ccccc4[nH]3)cc2C(F)(F)F)N1. The van der Waals surface area contributed by atoms with E-state index in [1.54, 1.807) is 6.07 Å². The number of H-pyrrole nitrogens is 1. The molecule has 0 unspecified atom stereocenters. The van der Waals surface area contributed by atoms with Gasteiger partial charge in [-0.05, 0) is 24.3 Å². The minimum Gasteiger partial charge on any atom is -0.481 e. The Balaban J connectivity index is 1.92. The third kappa shape index (κ3) is 2.38. The normalized spacial score (nSPS) is 14.2. The molecule has 1 aliphatic rings. The number of fused-ring (bicyclic) bond motifs is 2. The number of aromatic amines is 1. The number of anilines is 1. The van der Waals surface area contributed by atoms with Crippen LogP contribution in [0.5, 0.6) is 5.75 Å². The summed E-state index contributed by atoms with van der Waals surface area (Å²) in [7, 11) is 0. The number of nitrogens with one attached hydrogen (secondary N) is 2. The Hall–Kier alpha value is -2.96. The van der Waals surface area contributed by atoms with E-state index in [4.69, 9.17) is 4.74 Å². The van der Waals surface area contributed by atoms with Gasteiger partial charge in [0.2, 0.25) is 0 Å². The van der Waals surface area contributed by atoms with E-state index in [2.05, 4.69) is 10.3 Å². The quantitative estimate of drug-likeness (QED) is 0.702. The van der Waals surface area contributed by atoms with Crippen LogP contribution in [0.4, 0.5) is 18.9 Å². The predicted octanol–water partition coefficient (Wildman–Crippen LogP) is 4.18. The summed E-state index contributed by atoms with van der Waals surface area (Å²) >= 11 is 0. The van der Waals surface area contributed by atoms with Gasteiger partial charge in [-0.2, -0.15) is 13.2 Å². The number of aromatic nitrogens is 1. The van der Waals surface area contributed by atoms with Crippen LogP contribution < -0.4 is 10.1 Å². The van der Waals surface area contributed by atoms with Gasteiger partial charge >= 0.3 is 6.18 Å². The Morgan fingerprint density at radius 1 is 1.08 bits per heavy atom. The topological polar surface area (TPSA) is 54.1 Å². The average molecular weight is 332 g/mol. The first-order chi connectivity index (χ1) is 11.4. The van der Waals surface area contributed by atoms with E-state index in [9.17, 15) is 18.0 Å². The molecule has 2 N–H and O–H groups in total. The molecular formula is C17H11F3N2O2. The zero-order valence-electron chi connectivity index (χ0n) is 12.2. The smallest absolute Gasteiger partial charge is 0.420 e. The molecule has 24 heavy (non-hydrogen) atoms. The highest BCUT2D eigenvalue weighted by Gasteiger charge is 2.38. The molecule has 0 atom stereocenters. The highest BCUT2D eigenvalue weighted by Crippen LogP contribution is 2.44. The van der Waals surface area contributed by atoms with Crippen molar-refractivity contribution in [2.75, 3.05) is 11.9 Å². The van der Waals surface area contributed by atoms with Crippen LogP contribution in [-0.2, 0) is 11.0 Å². The van der Waals surface area contributed by atoms with Crippen LogP contribution >= 0.6 is 0 Å². The summed E-state index contributed by atoms with van der Waals surface area (Å²) in [6.45, 7) is -0.429. The maximum absolute atomic E-state index is 13.4. The molecule has 0 aliphatic carbocycles. The summed E-state index contributed by atoms with van der Waals surface area (Å²) in [4.78, 5) is 14.5. The maximum Gasteiger partial charge on any atom is 0.420 e. The number of benzene rings is 2.